The van der Waals surface area contributed by atoms with Gasteiger partial charge in [0.25, 0.3) is 0 Å². The van der Waals surface area contributed by atoms with E-state index in [0.717, 1.165) is 23.4 Å². The summed E-state index contributed by atoms with van der Waals surface area (Å²) < 4.78 is 5.06. The highest BCUT2D eigenvalue weighted by Crippen LogP contribution is 2.48. The molecule has 1 atom stereocenters. The Morgan fingerprint density at radius 1 is 0.463 bits per heavy atom. The minimum atomic E-state index is -0.0308. The summed E-state index contributed by atoms with van der Waals surface area (Å²) in [6.07, 6.45) is 3.10. The highest BCUT2D eigenvalue weighted by atomic mass is 15.1. The number of para-hydroxylation sites is 3. The largest absolute Gasteiger partial charge is 0.311 e. The summed E-state index contributed by atoms with van der Waals surface area (Å²) >= 11 is 0. The van der Waals surface area contributed by atoms with E-state index in [1.54, 1.807) is 0 Å². The third-order valence-corrected chi connectivity index (χ3v) is 11.2. The lowest BCUT2D eigenvalue weighted by molar-refractivity contribution is 0.730. The molecule has 3 heterocycles. The van der Waals surface area contributed by atoms with Crippen LogP contribution in [0.5, 0.6) is 0 Å². The Kier molecular flexibility index (Phi) is 6.99. The number of fused-ring (bicyclic) bond motifs is 8. The van der Waals surface area contributed by atoms with E-state index >= 15 is 0 Å². The van der Waals surface area contributed by atoms with Gasteiger partial charge in [-0.15, -0.1) is 0 Å². The monoisotopic (exact) mass is 689 g/mol. The molecule has 0 fully saturated rings. The van der Waals surface area contributed by atoms with Gasteiger partial charge in [0.1, 0.15) is 0 Å². The van der Waals surface area contributed by atoms with Crippen LogP contribution in [0.25, 0.3) is 76.9 Å². The van der Waals surface area contributed by atoms with Crippen molar-refractivity contribution in [2.24, 2.45) is 4.99 Å². The predicted octanol–water partition coefficient (Wildman–Crippen LogP) is 13.2. The molecule has 0 saturated heterocycles. The number of nitrogens with zero attached hydrogens (tertiary/aromatic N) is 3. The SMILES string of the molecule is C1=C(n2c3ccccc3c3c(-c4ccc5ccccc5c4)cc4c5ccccc5n(-c5ccccc5)c4c32)CC(c2ccccc2)N=C1c1ccccc1. The van der Waals surface area contributed by atoms with E-state index in [0.29, 0.717) is 0 Å². The first-order valence-electron chi connectivity index (χ1n) is 18.7. The van der Waals surface area contributed by atoms with Crippen molar-refractivity contribution < 1.29 is 0 Å². The zero-order valence-electron chi connectivity index (χ0n) is 29.6. The van der Waals surface area contributed by atoms with Gasteiger partial charge in [-0.05, 0) is 75.5 Å². The standard InChI is InChI=1S/C51H35N3/c1-4-17-35(18-5-1)45-31-40(32-46(52-45)36-19-6-2-7-20-36)54-48-27-15-13-25-42(48)49-43(38-29-28-34-16-10-11-21-37(34)30-38)33-44-41-24-12-14-26-47(41)53(50(44)51(49)54)39-22-8-3-9-23-39/h1-31,33,46H,32H2. The normalized spacial score (nSPS) is 14.6. The summed E-state index contributed by atoms with van der Waals surface area (Å²) in [6.45, 7) is 0. The zero-order valence-corrected chi connectivity index (χ0v) is 29.6. The number of aromatic nitrogens is 2. The van der Waals surface area contributed by atoms with Gasteiger partial charge in [-0.2, -0.15) is 0 Å². The molecule has 54 heavy (non-hydrogen) atoms. The minimum absolute atomic E-state index is 0.0308. The molecule has 0 bridgehead atoms. The van der Waals surface area contributed by atoms with Crippen LogP contribution >= 0.6 is 0 Å². The summed E-state index contributed by atoms with van der Waals surface area (Å²) in [4.78, 5) is 5.42. The molecule has 1 aliphatic rings. The molecular formula is C51H35N3. The number of rotatable bonds is 5. The zero-order chi connectivity index (χ0) is 35.6. The Balaban J connectivity index is 1.32. The van der Waals surface area contributed by atoms with E-state index in [2.05, 4.69) is 203 Å². The number of hydrogen-bond donors (Lipinski definition) is 0. The van der Waals surface area contributed by atoms with E-state index in [9.17, 15) is 0 Å². The number of dihydropyridines is 1. The van der Waals surface area contributed by atoms with Crippen LogP contribution < -0.4 is 0 Å². The van der Waals surface area contributed by atoms with Crippen molar-refractivity contribution in [3.05, 3.63) is 205 Å². The lowest BCUT2D eigenvalue weighted by atomic mass is 9.94. The molecule has 3 heteroatoms. The number of hydrogen-bond acceptors (Lipinski definition) is 1. The molecule has 0 N–H and O–H groups in total. The summed E-state index contributed by atoms with van der Waals surface area (Å²) in [6, 6.07) is 68.2. The average molecular weight is 690 g/mol. The van der Waals surface area contributed by atoms with Gasteiger partial charge in [-0.1, -0.05) is 152 Å². The maximum atomic E-state index is 5.42. The Bertz CT molecular complexity index is 3110. The quantitative estimate of drug-likeness (QED) is 0.172. The van der Waals surface area contributed by atoms with Crippen LogP contribution in [0.1, 0.15) is 23.6 Å². The van der Waals surface area contributed by atoms with Crippen molar-refractivity contribution in [3.8, 4) is 16.8 Å². The summed E-state index contributed by atoms with van der Waals surface area (Å²) in [5.41, 5.74) is 13.0. The third kappa shape index (κ3) is 4.79. The molecule has 254 valence electrons. The van der Waals surface area contributed by atoms with Crippen molar-refractivity contribution in [1.29, 1.82) is 0 Å². The Labute approximate surface area is 313 Å². The van der Waals surface area contributed by atoms with Crippen LogP contribution in [0.4, 0.5) is 0 Å². The number of benzene rings is 8. The molecular weight excluding hydrogens is 655 g/mol. The first kappa shape index (κ1) is 30.6. The van der Waals surface area contributed by atoms with E-state index in [1.165, 1.54) is 76.8 Å². The van der Waals surface area contributed by atoms with Crippen molar-refractivity contribution in [2.75, 3.05) is 0 Å². The van der Waals surface area contributed by atoms with E-state index in [4.69, 9.17) is 4.99 Å². The molecule has 11 rings (SSSR count). The van der Waals surface area contributed by atoms with Gasteiger partial charge in [0.05, 0.1) is 33.8 Å². The smallest absolute Gasteiger partial charge is 0.0811 e. The highest BCUT2D eigenvalue weighted by molar-refractivity contribution is 6.29. The van der Waals surface area contributed by atoms with Crippen molar-refractivity contribution in [2.45, 2.75) is 12.5 Å². The molecule has 0 aliphatic carbocycles. The number of aliphatic imine (C=N–C) groups is 1. The predicted molar refractivity (Wildman–Crippen MR) is 228 cm³/mol. The van der Waals surface area contributed by atoms with Gasteiger partial charge in [0.2, 0.25) is 0 Å². The summed E-state index contributed by atoms with van der Waals surface area (Å²) in [7, 11) is 0. The molecule has 8 aromatic carbocycles. The maximum absolute atomic E-state index is 5.42. The second kappa shape index (κ2) is 12.3. The Morgan fingerprint density at radius 2 is 1.09 bits per heavy atom. The molecule has 0 saturated carbocycles. The fraction of sp³-hybridized carbons (Fsp3) is 0.0392. The van der Waals surface area contributed by atoms with Gasteiger partial charge in [0, 0.05) is 39.4 Å². The second-order valence-corrected chi connectivity index (χ2v) is 14.3. The summed E-state index contributed by atoms with van der Waals surface area (Å²) in [5, 5.41) is 7.46. The van der Waals surface area contributed by atoms with Crippen LogP contribution in [-0.2, 0) is 0 Å². The second-order valence-electron chi connectivity index (χ2n) is 14.3. The fourth-order valence-corrected chi connectivity index (χ4v) is 8.78. The minimum Gasteiger partial charge on any atom is -0.311 e. The van der Waals surface area contributed by atoms with Crippen LogP contribution in [-0.4, -0.2) is 14.8 Å². The maximum Gasteiger partial charge on any atom is 0.0811 e. The van der Waals surface area contributed by atoms with Crippen LogP contribution in [0.15, 0.2) is 199 Å². The topological polar surface area (TPSA) is 22.2 Å². The van der Waals surface area contributed by atoms with E-state index in [-0.39, 0.29) is 6.04 Å². The summed E-state index contributed by atoms with van der Waals surface area (Å²) in [5.74, 6) is 0. The van der Waals surface area contributed by atoms with Crippen molar-refractivity contribution >= 4 is 65.8 Å². The molecule has 0 spiro atoms. The molecule has 0 amide bonds. The van der Waals surface area contributed by atoms with Gasteiger partial charge >= 0.3 is 0 Å². The molecule has 2 aromatic heterocycles. The lowest BCUT2D eigenvalue weighted by Crippen LogP contribution is -2.13. The van der Waals surface area contributed by atoms with Gasteiger partial charge in [0.15, 0.2) is 0 Å². The number of allylic oxidation sites excluding steroid dienone is 1. The van der Waals surface area contributed by atoms with E-state index < -0.39 is 0 Å². The molecule has 1 unspecified atom stereocenters. The average Bonchev–Trinajstić information content (AvgIpc) is 3.77. The fourth-order valence-electron chi connectivity index (χ4n) is 8.78. The first-order valence-corrected chi connectivity index (χ1v) is 18.7. The van der Waals surface area contributed by atoms with Crippen molar-refractivity contribution in [3.63, 3.8) is 0 Å². The lowest BCUT2D eigenvalue weighted by Gasteiger charge is -2.24. The van der Waals surface area contributed by atoms with Gasteiger partial charge in [-0.3, -0.25) is 4.99 Å². The first-order chi connectivity index (χ1) is 26.8. The van der Waals surface area contributed by atoms with Gasteiger partial charge in [-0.25, -0.2) is 0 Å². The molecule has 10 aromatic rings. The Morgan fingerprint density at radius 3 is 1.87 bits per heavy atom. The van der Waals surface area contributed by atoms with Crippen LogP contribution in [0, 0.1) is 0 Å². The van der Waals surface area contributed by atoms with Gasteiger partial charge < -0.3 is 9.13 Å². The van der Waals surface area contributed by atoms with E-state index in [1.807, 2.05) is 0 Å². The van der Waals surface area contributed by atoms with Crippen molar-refractivity contribution in [1.82, 2.24) is 9.13 Å². The Hall–Kier alpha value is -6.97. The van der Waals surface area contributed by atoms with Crippen LogP contribution in [0.2, 0.25) is 0 Å². The highest BCUT2D eigenvalue weighted by Gasteiger charge is 2.28. The third-order valence-electron chi connectivity index (χ3n) is 11.2. The molecule has 3 nitrogen and oxygen atoms in total. The molecule has 0 radical (unpaired) electrons. The van der Waals surface area contributed by atoms with Crippen LogP contribution in [0.3, 0.4) is 0 Å². The molecule has 1 aliphatic heterocycles.